The van der Waals surface area contributed by atoms with Gasteiger partial charge in [0, 0.05) is 37.4 Å². The average molecular weight is 364 g/mol. The zero-order valence-electron chi connectivity index (χ0n) is 16.2. The Labute approximate surface area is 161 Å². The first-order valence-electron chi connectivity index (χ1n) is 9.69. The molecule has 1 heterocycles. The van der Waals surface area contributed by atoms with Gasteiger partial charge in [0.1, 0.15) is 0 Å². The van der Waals surface area contributed by atoms with Crippen molar-refractivity contribution in [2.24, 2.45) is 5.92 Å². The van der Waals surface area contributed by atoms with Crippen LogP contribution in [0.25, 0.3) is 0 Å². The second kappa shape index (κ2) is 8.38. The Balaban J connectivity index is 1.84. The summed E-state index contributed by atoms with van der Waals surface area (Å²) < 4.78 is 0. The van der Waals surface area contributed by atoms with Gasteiger partial charge in [-0.3, -0.25) is 9.59 Å². The van der Waals surface area contributed by atoms with Crippen LogP contribution in [0.5, 0.6) is 0 Å². The number of nitrogens with one attached hydrogen (secondary N) is 1. The highest BCUT2D eigenvalue weighted by Crippen LogP contribution is 2.40. The van der Waals surface area contributed by atoms with Gasteiger partial charge in [0.2, 0.25) is 11.8 Å². The molecule has 27 heavy (non-hydrogen) atoms. The van der Waals surface area contributed by atoms with E-state index < -0.39 is 0 Å². The quantitative estimate of drug-likeness (QED) is 0.854. The molecule has 2 aromatic carbocycles. The first kappa shape index (κ1) is 19.2. The van der Waals surface area contributed by atoms with Gasteiger partial charge in [-0.15, -0.1) is 0 Å². The highest BCUT2D eigenvalue weighted by molar-refractivity contribution is 5.79. The number of amides is 2. The minimum absolute atomic E-state index is 0.0249. The predicted octanol–water partition coefficient (Wildman–Crippen LogP) is 3.37. The molecule has 4 heteroatoms. The number of hydrogen-bond acceptors (Lipinski definition) is 2. The maximum Gasteiger partial charge on any atom is 0.222 e. The number of rotatable bonds is 6. The van der Waals surface area contributed by atoms with E-state index in [4.69, 9.17) is 0 Å². The van der Waals surface area contributed by atoms with Gasteiger partial charge in [0.05, 0.1) is 0 Å². The van der Waals surface area contributed by atoms with E-state index in [2.05, 4.69) is 53.8 Å². The van der Waals surface area contributed by atoms with Gasteiger partial charge in [-0.2, -0.15) is 0 Å². The fraction of sp³-hybridized carbons (Fsp3) is 0.391. The summed E-state index contributed by atoms with van der Waals surface area (Å²) in [5.74, 6) is 0.142. The van der Waals surface area contributed by atoms with Crippen LogP contribution in [0.4, 0.5) is 0 Å². The second-order valence-corrected chi connectivity index (χ2v) is 7.58. The number of piperidine rings is 1. The summed E-state index contributed by atoms with van der Waals surface area (Å²) in [6.07, 6.45) is 1.32. The van der Waals surface area contributed by atoms with Gasteiger partial charge in [0.25, 0.3) is 0 Å². The van der Waals surface area contributed by atoms with E-state index in [9.17, 15) is 9.59 Å². The number of hydrogen-bond donors (Lipinski definition) is 1. The van der Waals surface area contributed by atoms with E-state index in [1.165, 1.54) is 11.1 Å². The van der Waals surface area contributed by atoms with Crippen LogP contribution >= 0.6 is 0 Å². The Morgan fingerprint density at radius 3 is 2.11 bits per heavy atom. The van der Waals surface area contributed by atoms with Crippen molar-refractivity contribution in [3.05, 3.63) is 71.8 Å². The molecule has 0 spiro atoms. The number of nitrogens with zero attached hydrogens (tertiary/aromatic N) is 1. The van der Waals surface area contributed by atoms with Crippen molar-refractivity contribution in [3.63, 3.8) is 0 Å². The minimum Gasteiger partial charge on any atom is -0.354 e. The van der Waals surface area contributed by atoms with Crippen LogP contribution in [0.3, 0.4) is 0 Å². The molecule has 4 nitrogen and oxygen atoms in total. The predicted molar refractivity (Wildman–Crippen MR) is 107 cm³/mol. The molecular weight excluding hydrogens is 336 g/mol. The summed E-state index contributed by atoms with van der Waals surface area (Å²) in [6, 6.07) is 20.9. The smallest absolute Gasteiger partial charge is 0.222 e. The number of benzene rings is 2. The lowest BCUT2D eigenvalue weighted by atomic mass is 9.69. The zero-order valence-corrected chi connectivity index (χ0v) is 16.2. The van der Waals surface area contributed by atoms with Gasteiger partial charge in [-0.1, -0.05) is 74.5 Å². The highest BCUT2D eigenvalue weighted by atomic mass is 16.2. The highest BCUT2D eigenvalue weighted by Gasteiger charge is 2.41. The summed E-state index contributed by atoms with van der Waals surface area (Å²) in [5, 5.41) is 2.92. The van der Waals surface area contributed by atoms with Gasteiger partial charge in [0.15, 0.2) is 0 Å². The van der Waals surface area contributed by atoms with E-state index in [1.54, 1.807) is 0 Å². The van der Waals surface area contributed by atoms with Crippen molar-refractivity contribution in [2.45, 2.75) is 32.1 Å². The number of carbonyl (C=O) groups excluding carboxylic acids is 2. The summed E-state index contributed by atoms with van der Waals surface area (Å²) in [6.45, 7) is 5.41. The molecule has 3 rings (SSSR count). The van der Waals surface area contributed by atoms with Crippen LogP contribution in [0.15, 0.2) is 60.7 Å². The third-order valence-electron chi connectivity index (χ3n) is 5.44. The Morgan fingerprint density at radius 1 is 1.04 bits per heavy atom. The normalized spacial score (nSPS) is 16.4. The minimum atomic E-state index is -0.210. The van der Waals surface area contributed by atoms with Crippen LogP contribution in [0.2, 0.25) is 0 Å². The summed E-state index contributed by atoms with van der Waals surface area (Å²) in [5.41, 5.74) is 2.26. The molecule has 0 saturated carbocycles. The van der Waals surface area contributed by atoms with Crippen molar-refractivity contribution in [1.29, 1.82) is 0 Å². The Morgan fingerprint density at radius 2 is 1.59 bits per heavy atom. The molecule has 1 aliphatic rings. The van der Waals surface area contributed by atoms with Crippen LogP contribution in [0.1, 0.15) is 37.8 Å². The molecule has 2 amide bonds. The van der Waals surface area contributed by atoms with Gasteiger partial charge in [-0.25, -0.2) is 0 Å². The van der Waals surface area contributed by atoms with Gasteiger partial charge < -0.3 is 10.2 Å². The van der Waals surface area contributed by atoms with E-state index >= 15 is 0 Å². The van der Waals surface area contributed by atoms with Crippen LogP contribution < -0.4 is 5.32 Å². The van der Waals surface area contributed by atoms with Crippen molar-refractivity contribution in [3.8, 4) is 0 Å². The molecule has 0 aromatic heterocycles. The third kappa shape index (κ3) is 4.21. The standard InChI is InChI=1S/C23H28N2O2/c1-18(2)22(27)24-15-16-25-17-23(14-13-21(25)26,19-9-5-3-6-10-19)20-11-7-4-8-12-20/h3-12,18H,13-17H2,1-2H3,(H,24,27). The molecule has 0 aliphatic carbocycles. The van der Waals surface area contributed by atoms with E-state index in [0.717, 1.165) is 6.42 Å². The SMILES string of the molecule is CC(C)C(=O)NCCN1CC(c2ccccc2)(c2ccccc2)CCC1=O. The Hall–Kier alpha value is -2.62. The lowest BCUT2D eigenvalue weighted by molar-refractivity contribution is -0.135. The van der Waals surface area contributed by atoms with Crippen molar-refractivity contribution < 1.29 is 9.59 Å². The molecule has 2 aromatic rings. The maximum absolute atomic E-state index is 12.6. The first-order valence-corrected chi connectivity index (χ1v) is 9.69. The molecule has 1 aliphatic heterocycles. The second-order valence-electron chi connectivity index (χ2n) is 7.58. The van der Waals surface area contributed by atoms with Crippen molar-refractivity contribution in [1.82, 2.24) is 10.2 Å². The Bertz CT molecular complexity index is 732. The molecule has 0 radical (unpaired) electrons. The fourth-order valence-electron chi connectivity index (χ4n) is 3.85. The van der Waals surface area contributed by atoms with E-state index in [-0.39, 0.29) is 23.1 Å². The fourth-order valence-corrected chi connectivity index (χ4v) is 3.85. The van der Waals surface area contributed by atoms with Gasteiger partial charge >= 0.3 is 0 Å². The molecule has 0 unspecified atom stereocenters. The maximum atomic E-state index is 12.6. The molecule has 1 fully saturated rings. The molecule has 1 saturated heterocycles. The van der Waals surface area contributed by atoms with Crippen molar-refractivity contribution in [2.75, 3.05) is 19.6 Å². The van der Waals surface area contributed by atoms with Crippen LogP contribution in [-0.2, 0) is 15.0 Å². The number of likely N-dealkylation sites (tertiary alicyclic amines) is 1. The van der Waals surface area contributed by atoms with Gasteiger partial charge in [-0.05, 0) is 17.5 Å². The summed E-state index contributed by atoms with van der Waals surface area (Å²) >= 11 is 0. The topological polar surface area (TPSA) is 49.4 Å². The Kier molecular flexibility index (Phi) is 5.94. The third-order valence-corrected chi connectivity index (χ3v) is 5.44. The van der Waals surface area contributed by atoms with E-state index in [0.29, 0.717) is 26.1 Å². The lowest BCUT2D eigenvalue weighted by Crippen LogP contribution is -2.51. The molecule has 0 atom stereocenters. The molecule has 1 N–H and O–H groups in total. The monoisotopic (exact) mass is 364 g/mol. The first-order chi connectivity index (χ1) is 13.0. The van der Waals surface area contributed by atoms with Crippen LogP contribution in [-0.4, -0.2) is 36.3 Å². The van der Waals surface area contributed by atoms with Crippen molar-refractivity contribution >= 4 is 11.8 Å². The molecule has 142 valence electrons. The molecular formula is C23H28N2O2. The van der Waals surface area contributed by atoms with Crippen LogP contribution in [0, 0.1) is 5.92 Å². The largest absolute Gasteiger partial charge is 0.354 e. The lowest BCUT2D eigenvalue weighted by Gasteiger charge is -2.43. The summed E-state index contributed by atoms with van der Waals surface area (Å²) in [7, 11) is 0. The molecule has 0 bridgehead atoms. The zero-order chi connectivity index (χ0) is 19.3. The summed E-state index contributed by atoms with van der Waals surface area (Å²) in [4.78, 5) is 26.3. The number of carbonyl (C=O) groups is 2. The van der Waals surface area contributed by atoms with E-state index in [1.807, 2.05) is 30.9 Å². The average Bonchev–Trinajstić information content (AvgIpc) is 2.70.